The lowest BCUT2D eigenvalue weighted by molar-refractivity contribution is -0.378. The van der Waals surface area contributed by atoms with Gasteiger partial charge in [-0.25, -0.2) is 4.18 Å². The SMILES string of the molecule is CCOC(CN(OCC)OCC)OS(C)(=O)=O. The predicted molar refractivity (Wildman–Crippen MR) is 61.3 cm³/mol. The van der Waals surface area contributed by atoms with Crippen LogP contribution in [0.1, 0.15) is 20.8 Å². The summed E-state index contributed by atoms with van der Waals surface area (Å²) in [5.74, 6) is 0. The van der Waals surface area contributed by atoms with Crippen molar-refractivity contribution in [2.45, 2.75) is 27.1 Å². The molecular weight excluding hydrogens is 250 g/mol. The van der Waals surface area contributed by atoms with Crippen LogP contribution in [0.5, 0.6) is 0 Å². The Balaban J connectivity index is 4.37. The number of ether oxygens (including phenoxy) is 1. The fourth-order valence-corrected chi connectivity index (χ4v) is 1.55. The number of rotatable bonds is 10. The minimum absolute atomic E-state index is 0.0442. The molecule has 0 heterocycles. The minimum atomic E-state index is -3.58. The lowest BCUT2D eigenvalue weighted by Crippen LogP contribution is -2.37. The molecule has 0 radical (unpaired) electrons. The third-order valence-electron chi connectivity index (χ3n) is 1.48. The Bertz CT molecular complexity index is 275. The Morgan fingerprint density at radius 1 is 1.06 bits per heavy atom. The van der Waals surface area contributed by atoms with Crippen molar-refractivity contribution in [1.29, 1.82) is 0 Å². The second-order valence-corrected chi connectivity index (χ2v) is 4.64. The van der Waals surface area contributed by atoms with Crippen molar-refractivity contribution >= 4 is 10.1 Å². The van der Waals surface area contributed by atoms with Crippen molar-refractivity contribution < 1.29 is 27.0 Å². The zero-order valence-corrected chi connectivity index (χ0v) is 11.5. The smallest absolute Gasteiger partial charge is 0.266 e. The molecular formula is C9H21NO6S. The first-order valence-electron chi connectivity index (χ1n) is 5.46. The molecule has 0 aromatic heterocycles. The van der Waals surface area contributed by atoms with E-state index >= 15 is 0 Å². The molecule has 0 aliphatic carbocycles. The highest BCUT2D eigenvalue weighted by molar-refractivity contribution is 7.86. The van der Waals surface area contributed by atoms with Gasteiger partial charge < -0.3 is 4.74 Å². The average Bonchev–Trinajstić information content (AvgIpc) is 2.16. The molecule has 0 aromatic carbocycles. The largest absolute Gasteiger partial charge is 0.350 e. The Kier molecular flexibility index (Phi) is 8.66. The maximum Gasteiger partial charge on any atom is 0.266 e. The molecule has 0 amide bonds. The Morgan fingerprint density at radius 2 is 1.59 bits per heavy atom. The van der Waals surface area contributed by atoms with Gasteiger partial charge in [0.05, 0.1) is 19.5 Å². The van der Waals surface area contributed by atoms with Crippen LogP contribution in [0.4, 0.5) is 0 Å². The summed E-state index contributed by atoms with van der Waals surface area (Å²) < 4.78 is 31.9. The second-order valence-electron chi connectivity index (χ2n) is 3.04. The van der Waals surface area contributed by atoms with E-state index in [2.05, 4.69) is 0 Å². The topological polar surface area (TPSA) is 74.3 Å². The molecule has 0 saturated carbocycles. The summed E-state index contributed by atoms with van der Waals surface area (Å²) in [6.07, 6.45) is 0.0122. The van der Waals surface area contributed by atoms with E-state index in [1.54, 1.807) is 20.8 Å². The Labute approximate surface area is 103 Å². The molecule has 8 heteroatoms. The van der Waals surface area contributed by atoms with E-state index in [1.807, 2.05) is 0 Å². The van der Waals surface area contributed by atoms with E-state index in [0.717, 1.165) is 11.5 Å². The summed E-state index contributed by atoms with van der Waals surface area (Å²) >= 11 is 0. The van der Waals surface area contributed by atoms with Gasteiger partial charge in [0.25, 0.3) is 10.1 Å². The molecule has 7 nitrogen and oxygen atoms in total. The van der Waals surface area contributed by atoms with Crippen LogP contribution in [0.2, 0.25) is 0 Å². The molecule has 0 saturated heterocycles. The molecule has 0 aliphatic rings. The molecule has 0 aliphatic heterocycles. The first kappa shape index (κ1) is 16.8. The summed E-state index contributed by atoms with van der Waals surface area (Å²) in [5.41, 5.74) is 0. The lowest BCUT2D eigenvalue weighted by atomic mass is 10.6. The summed E-state index contributed by atoms with van der Waals surface area (Å²) in [6, 6.07) is 0. The van der Waals surface area contributed by atoms with E-state index in [9.17, 15) is 8.42 Å². The fraction of sp³-hybridized carbons (Fsp3) is 1.00. The van der Waals surface area contributed by atoms with Crippen LogP contribution < -0.4 is 0 Å². The fourth-order valence-electron chi connectivity index (χ4n) is 1.04. The molecule has 17 heavy (non-hydrogen) atoms. The van der Waals surface area contributed by atoms with E-state index in [4.69, 9.17) is 18.6 Å². The first-order valence-corrected chi connectivity index (χ1v) is 7.27. The van der Waals surface area contributed by atoms with Gasteiger partial charge in [-0.15, -0.1) is 0 Å². The summed E-state index contributed by atoms with van der Waals surface area (Å²) in [6.45, 7) is 6.49. The Hall–Kier alpha value is -0.250. The van der Waals surface area contributed by atoms with Crippen LogP contribution in [0.3, 0.4) is 0 Å². The molecule has 1 unspecified atom stereocenters. The van der Waals surface area contributed by atoms with Crippen molar-refractivity contribution in [3.8, 4) is 0 Å². The number of hydrogen-bond donors (Lipinski definition) is 0. The second kappa shape index (κ2) is 8.78. The number of hydroxylamine groups is 2. The van der Waals surface area contributed by atoms with Crippen LogP contribution in [0.25, 0.3) is 0 Å². The third-order valence-corrected chi connectivity index (χ3v) is 2.04. The van der Waals surface area contributed by atoms with Crippen molar-refractivity contribution in [2.75, 3.05) is 32.6 Å². The average molecular weight is 271 g/mol. The van der Waals surface area contributed by atoms with Crippen molar-refractivity contribution in [2.24, 2.45) is 0 Å². The van der Waals surface area contributed by atoms with Crippen molar-refractivity contribution in [3.05, 3.63) is 0 Å². The number of nitrogens with zero attached hydrogens (tertiary/aromatic N) is 1. The standard InChI is InChI=1S/C9H21NO6S/c1-5-13-9(16-17(4,11)12)8-10(14-6-2)15-7-3/h9H,5-8H2,1-4H3. The van der Waals surface area contributed by atoms with E-state index in [-0.39, 0.29) is 6.54 Å². The maximum absolute atomic E-state index is 11.0. The van der Waals surface area contributed by atoms with Crippen LogP contribution in [0.15, 0.2) is 0 Å². The molecule has 0 spiro atoms. The molecule has 0 fully saturated rings. The van der Waals surface area contributed by atoms with Gasteiger partial charge in [-0.3, -0.25) is 9.68 Å². The van der Waals surface area contributed by atoms with Gasteiger partial charge in [-0.2, -0.15) is 8.42 Å². The summed E-state index contributed by atoms with van der Waals surface area (Å²) in [4.78, 5) is 10.3. The quantitative estimate of drug-likeness (QED) is 0.326. The van der Waals surface area contributed by atoms with Gasteiger partial charge >= 0.3 is 0 Å². The third kappa shape index (κ3) is 9.45. The molecule has 0 rings (SSSR count). The minimum Gasteiger partial charge on any atom is -0.350 e. The van der Waals surface area contributed by atoms with Crippen LogP contribution in [-0.4, -0.2) is 52.6 Å². The highest BCUT2D eigenvalue weighted by atomic mass is 32.2. The zero-order valence-electron chi connectivity index (χ0n) is 10.7. The van der Waals surface area contributed by atoms with Gasteiger partial charge in [0.15, 0.2) is 6.29 Å². The molecule has 0 bridgehead atoms. The van der Waals surface area contributed by atoms with Gasteiger partial charge in [0.2, 0.25) is 0 Å². The van der Waals surface area contributed by atoms with Crippen LogP contribution >= 0.6 is 0 Å². The zero-order chi connectivity index (χ0) is 13.3. The summed E-state index contributed by atoms with van der Waals surface area (Å²) in [5, 5.41) is 1.16. The van der Waals surface area contributed by atoms with E-state index in [0.29, 0.717) is 19.8 Å². The van der Waals surface area contributed by atoms with Crippen molar-refractivity contribution in [3.63, 3.8) is 0 Å². The van der Waals surface area contributed by atoms with Gasteiger partial charge in [-0.05, 0) is 20.8 Å². The maximum atomic E-state index is 11.0. The van der Waals surface area contributed by atoms with Crippen LogP contribution in [-0.2, 0) is 28.7 Å². The highest BCUT2D eigenvalue weighted by Gasteiger charge is 2.20. The van der Waals surface area contributed by atoms with Gasteiger partial charge in [0, 0.05) is 6.61 Å². The molecule has 0 N–H and O–H groups in total. The predicted octanol–water partition coefficient (Wildman–Crippen LogP) is 0.530. The van der Waals surface area contributed by atoms with Crippen LogP contribution in [0, 0.1) is 0 Å². The summed E-state index contributed by atoms with van der Waals surface area (Å²) in [7, 11) is -3.58. The number of hydrogen-bond acceptors (Lipinski definition) is 7. The first-order chi connectivity index (χ1) is 7.92. The molecule has 0 aromatic rings. The molecule has 104 valence electrons. The highest BCUT2D eigenvalue weighted by Crippen LogP contribution is 2.05. The van der Waals surface area contributed by atoms with Gasteiger partial charge in [0.1, 0.15) is 6.54 Å². The monoisotopic (exact) mass is 271 g/mol. The van der Waals surface area contributed by atoms with Crippen molar-refractivity contribution in [1.82, 2.24) is 5.23 Å². The lowest BCUT2D eigenvalue weighted by Gasteiger charge is -2.24. The van der Waals surface area contributed by atoms with E-state index in [1.165, 1.54) is 0 Å². The van der Waals surface area contributed by atoms with Gasteiger partial charge in [-0.1, -0.05) is 5.23 Å². The van der Waals surface area contributed by atoms with E-state index < -0.39 is 16.4 Å². The Morgan fingerprint density at radius 3 is 1.94 bits per heavy atom. The molecule has 1 atom stereocenters. The normalized spacial score (nSPS) is 14.2.